The fourth-order valence-electron chi connectivity index (χ4n) is 2.97. The van der Waals surface area contributed by atoms with Crippen molar-refractivity contribution in [2.24, 2.45) is 0 Å². The predicted molar refractivity (Wildman–Crippen MR) is 108 cm³/mol. The van der Waals surface area contributed by atoms with Gasteiger partial charge < -0.3 is 10.6 Å². The number of hydrogen-bond donors (Lipinski definition) is 2. The first-order valence-corrected chi connectivity index (χ1v) is 12.0. The van der Waals surface area contributed by atoms with Gasteiger partial charge >= 0.3 is 0 Å². The minimum absolute atomic E-state index is 0.0350. The first-order chi connectivity index (χ1) is 11.4. The van der Waals surface area contributed by atoms with Gasteiger partial charge in [0.05, 0.1) is 22.9 Å². The van der Waals surface area contributed by atoms with Gasteiger partial charge in [0.2, 0.25) is 0 Å². The lowest BCUT2D eigenvalue weighted by Crippen LogP contribution is -2.46. The van der Waals surface area contributed by atoms with Crippen LogP contribution in [-0.4, -0.2) is 43.0 Å². The maximum Gasteiger partial charge on any atom is 0.166 e. The molecule has 0 aromatic heterocycles. The summed E-state index contributed by atoms with van der Waals surface area (Å²) in [5, 5.41) is 6.29. The average molecular weight is 397 g/mol. The van der Waals surface area contributed by atoms with E-state index in [1.807, 2.05) is 0 Å². The van der Waals surface area contributed by atoms with Gasteiger partial charge in [-0.15, -0.1) is 11.6 Å². The molecule has 0 spiro atoms. The molecular weight excluding hydrogens is 364 g/mol. The number of rotatable bonds is 12. The molecule has 0 bridgehead atoms. The molecule has 0 saturated carbocycles. The Morgan fingerprint density at radius 2 is 1.54 bits per heavy atom. The molecule has 1 saturated heterocycles. The van der Waals surface area contributed by atoms with Crippen molar-refractivity contribution in [2.45, 2.75) is 82.6 Å². The summed E-state index contributed by atoms with van der Waals surface area (Å²) < 4.78 is 23.0. The lowest BCUT2D eigenvalue weighted by atomic mass is 10.1. The third kappa shape index (κ3) is 10.0. The Labute approximate surface area is 158 Å². The van der Waals surface area contributed by atoms with Gasteiger partial charge in [0.15, 0.2) is 14.9 Å². The Kier molecular flexibility index (Phi) is 11.3. The minimum Gasteiger partial charge on any atom is -0.363 e. The van der Waals surface area contributed by atoms with Crippen LogP contribution < -0.4 is 10.6 Å². The van der Waals surface area contributed by atoms with Crippen LogP contribution in [0.25, 0.3) is 0 Å². The van der Waals surface area contributed by atoms with E-state index in [0.29, 0.717) is 5.11 Å². The van der Waals surface area contributed by atoms with Crippen molar-refractivity contribution >= 4 is 38.8 Å². The zero-order valence-electron chi connectivity index (χ0n) is 14.9. The Bertz CT molecular complexity index is 458. The molecule has 0 aromatic rings. The summed E-state index contributed by atoms with van der Waals surface area (Å²) in [4.78, 5) is 0. The van der Waals surface area contributed by atoms with Crippen molar-refractivity contribution in [3.05, 3.63) is 0 Å². The van der Waals surface area contributed by atoms with Gasteiger partial charge in [-0.05, 0) is 18.6 Å². The summed E-state index contributed by atoms with van der Waals surface area (Å²) in [7, 11) is -3.02. The van der Waals surface area contributed by atoms with E-state index in [4.69, 9.17) is 23.8 Å². The SMILES string of the molecule is CCCCCCCCCCCCNC(=S)NC1CS(=O)(=O)CC1Cl. The molecule has 0 radical (unpaired) electrons. The highest BCUT2D eigenvalue weighted by Crippen LogP contribution is 2.17. The van der Waals surface area contributed by atoms with E-state index in [-0.39, 0.29) is 17.5 Å². The summed E-state index contributed by atoms with van der Waals surface area (Å²) in [6, 6.07) is -0.274. The van der Waals surface area contributed by atoms with Crippen LogP contribution in [0, 0.1) is 0 Å². The van der Waals surface area contributed by atoms with Gasteiger partial charge in [-0.25, -0.2) is 8.42 Å². The lowest BCUT2D eigenvalue weighted by molar-refractivity contribution is 0.554. The molecule has 2 unspecified atom stereocenters. The monoisotopic (exact) mass is 396 g/mol. The zero-order valence-corrected chi connectivity index (χ0v) is 17.2. The molecule has 1 aliphatic rings. The van der Waals surface area contributed by atoms with Crippen LogP contribution in [0.1, 0.15) is 71.1 Å². The molecule has 2 atom stereocenters. The van der Waals surface area contributed by atoms with Gasteiger partial charge in [-0.2, -0.15) is 0 Å². The molecule has 7 heteroatoms. The molecule has 0 aliphatic carbocycles. The summed E-state index contributed by atoms with van der Waals surface area (Å²) in [5.74, 6) is 0.106. The highest BCUT2D eigenvalue weighted by atomic mass is 35.5. The van der Waals surface area contributed by atoms with Gasteiger partial charge in [-0.1, -0.05) is 64.7 Å². The number of unbranched alkanes of at least 4 members (excludes halogenated alkanes) is 9. The van der Waals surface area contributed by atoms with Crippen molar-refractivity contribution < 1.29 is 8.42 Å². The molecule has 1 rings (SSSR count). The first-order valence-electron chi connectivity index (χ1n) is 9.33. The van der Waals surface area contributed by atoms with Crippen LogP contribution in [0.15, 0.2) is 0 Å². The molecule has 0 amide bonds. The third-order valence-electron chi connectivity index (χ3n) is 4.42. The van der Waals surface area contributed by atoms with Crippen LogP contribution in [0.2, 0.25) is 0 Å². The van der Waals surface area contributed by atoms with Crippen LogP contribution in [-0.2, 0) is 9.84 Å². The van der Waals surface area contributed by atoms with E-state index in [9.17, 15) is 8.42 Å². The van der Waals surface area contributed by atoms with Crippen molar-refractivity contribution in [2.75, 3.05) is 18.1 Å². The fraction of sp³-hybridized carbons (Fsp3) is 0.941. The Morgan fingerprint density at radius 1 is 1.00 bits per heavy atom. The summed E-state index contributed by atoms with van der Waals surface area (Å²) in [5.41, 5.74) is 0. The summed E-state index contributed by atoms with van der Waals surface area (Å²) in [6.07, 6.45) is 13.1. The Hall–Kier alpha value is -0.0700. The second kappa shape index (κ2) is 12.3. The zero-order chi connectivity index (χ0) is 17.8. The summed E-state index contributed by atoms with van der Waals surface area (Å²) >= 11 is 11.3. The van der Waals surface area contributed by atoms with E-state index in [1.54, 1.807) is 0 Å². The highest BCUT2D eigenvalue weighted by Gasteiger charge is 2.36. The van der Waals surface area contributed by atoms with Crippen molar-refractivity contribution in [1.82, 2.24) is 10.6 Å². The minimum atomic E-state index is -3.02. The normalized spacial score (nSPS) is 22.4. The average Bonchev–Trinajstić information content (AvgIpc) is 2.76. The van der Waals surface area contributed by atoms with Crippen molar-refractivity contribution in [1.29, 1.82) is 0 Å². The molecule has 1 heterocycles. The molecule has 0 aromatic carbocycles. The van der Waals surface area contributed by atoms with E-state index in [0.717, 1.165) is 13.0 Å². The van der Waals surface area contributed by atoms with Gasteiger partial charge in [-0.3, -0.25) is 0 Å². The first kappa shape index (κ1) is 22.0. The standard InChI is InChI=1S/C17H33ClN2O2S2/c1-2-3-4-5-6-7-8-9-10-11-12-19-17(23)20-16-14-24(21,22)13-15(16)18/h15-16H,2-14H2,1H3,(H2,19,20,23). The van der Waals surface area contributed by atoms with Crippen LogP contribution in [0.5, 0.6) is 0 Å². The van der Waals surface area contributed by atoms with Gasteiger partial charge in [0, 0.05) is 6.54 Å². The van der Waals surface area contributed by atoms with Crippen LogP contribution in [0.3, 0.4) is 0 Å². The number of nitrogens with one attached hydrogen (secondary N) is 2. The van der Waals surface area contributed by atoms with Crippen LogP contribution in [0.4, 0.5) is 0 Å². The molecule has 2 N–H and O–H groups in total. The summed E-state index contributed by atoms with van der Waals surface area (Å²) in [6.45, 7) is 3.08. The predicted octanol–water partition coefficient (Wildman–Crippen LogP) is 3.78. The quantitative estimate of drug-likeness (QED) is 0.298. The van der Waals surface area contributed by atoms with E-state index in [2.05, 4.69) is 17.6 Å². The number of halogens is 1. The largest absolute Gasteiger partial charge is 0.363 e. The van der Waals surface area contributed by atoms with Crippen molar-refractivity contribution in [3.63, 3.8) is 0 Å². The van der Waals surface area contributed by atoms with Gasteiger partial charge in [0.1, 0.15) is 0 Å². The highest BCUT2D eigenvalue weighted by molar-refractivity contribution is 7.91. The molecule has 24 heavy (non-hydrogen) atoms. The lowest BCUT2D eigenvalue weighted by Gasteiger charge is -2.17. The second-order valence-corrected chi connectivity index (χ2v) is 9.90. The number of alkyl halides is 1. The second-order valence-electron chi connectivity index (χ2n) is 6.78. The molecule has 142 valence electrons. The van der Waals surface area contributed by atoms with E-state index in [1.165, 1.54) is 57.8 Å². The number of thiocarbonyl (C=S) groups is 1. The number of hydrogen-bond acceptors (Lipinski definition) is 3. The smallest absolute Gasteiger partial charge is 0.166 e. The number of sulfone groups is 1. The van der Waals surface area contributed by atoms with Crippen molar-refractivity contribution in [3.8, 4) is 0 Å². The molecule has 1 fully saturated rings. The van der Waals surface area contributed by atoms with Gasteiger partial charge in [0.25, 0.3) is 0 Å². The Balaban J connectivity index is 1.93. The maximum absolute atomic E-state index is 11.5. The van der Waals surface area contributed by atoms with Crippen LogP contribution >= 0.6 is 23.8 Å². The topological polar surface area (TPSA) is 58.2 Å². The van der Waals surface area contributed by atoms with E-state index >= 15 is 0 Å². The third-order valence-corrected chi connectivity index (χ3v) is 7.05. The maximum atomic E-state index is 11.5. The van der Waals surface area contributed by atoms with E-state index < -0.39 is 15.2 Å². The molecular formula is C17H33ClN2O2S2. The fourth-order valence-corrected chi connectivity index (χ4v) is 5.77. The molecule has 4 nitrogen and oxygen atoms in total. The Morgan fingerprint density at radius 3 is 2.04 bits per heavy atom. The molecule has 1 aliphatic heterocycles.